The molecule has 2 unspecified atom stereocenters. The summed E-state index contributed by atoms with van der Waals surface area (Å²) >= 11 is 5.07. The van der Waals surface area contributed by atoms with Crippen LogP contribution in [0.1, 0.15) is 39.4 Å². The third-order valence-corrected chi connectivity index (χ3v) is 4.55. The molecular weight excluding hydrogens is 260 g/mol. The van der Waals surface area contributed by atoms with Crippen LogP contribution in [0.3, 0.4) is 0 Å². The average Bonchev–Trinajstić information content (AvgIpc) is 2.47. The summed E-state index contributed by atoms with van der Waals surface area (Å²) < 4.78 is 1.02. The van der Waals surface area contributed by atoms with Crippen LogP contribution in [0.15, 0.2) is 15.2 Å². The van der Waals surface area contributed by atoms with Crippen LogP contribution in [-0.4, -0.2) is 5.11 Å². The number of hydrogen-bond donors (Lipinski definition) is 1. The maximum Gasteiger partial charge on any atom is 0.0839 e. The molecule has 0 radical (unpaired) electrons. The quantitative estimate of drug-likeness (QED) is 0.857. The SMILES string of the molecule is CC(C(O)c1cscc1Br)C(C)(C)C. The predicted octanol–water partition coefficient (Wildman–Crippen LogP) is 4.23. The second-order valence-electron chi connectivity index (χ2n) is 4.77. The summed E-state index contributed by atoms with van der Waals surface area (Å²) in [5.41, 5.74) is 1.14. The molecule has 1 aromatic rings. The van der Waals surface area contributed by atoms with Crippen LogP contribution in [0, 0.1) is 11.3 Å². The Balaban J connectivity index is 2.86. The summed E-state index contributed by atoms with van der Waals surface area (Å²) in [6.45, 7) is 8.55. The molecule has 1 rings (SSSR count). The molecule has 0 amide bonds. The Morgan fingerprint density at radius 1 is 1.36 bits per heavy atom. The average molecular weight is 277 g/mol. The van der Waals surface area contributed by atoms with Crippen molar-refractivity contribution in [2.45, 2.75) is 33.8 Å². The Labute approximate surface area is 98.3 Å². The highest BCUT2D eigenvalue weighted by atomic mass is 79.9. The zero-order valence-corrected chi connectivity index (χ0v) is 11.4. The minimum absolute atomic E-state index is 0.126. The van der Waals surface area contributed by atoms with Gasteiger partial charge in [-0.15, -0.1) is 0 Å². The molecule has 0 spiro atoms. The first kappa shape index (κ1) is 12.2. The van der Waals surface area contributed by atoms with Crippen LogP contribution in [0.25, 0.3) is 0 Å². The molecule has 0 bridgehead atoms. The van der Waals surface area contributed by atoms with Gasteiger partial charge >= 0.3 is 0 Å². The van der Waals surface area contributed by atoms with Crippen molar-refractivity contribution in [2.75, 3.05) is 0 Å². The second kappa shape index (κ2) is 4.33. The summed E-state index contributed by atoms with van der Waals surface area (Å²) in [7, 11) is 0. The summed E-state index contributed by atoms with van der Waals surface area (Å²) in [5, 5.41) is 14.2. The zero-order valence-electron chi connectivity index (χ0n) is 9.04. The molecule has 14 heavy (non-hydrogen) atoms. The van der Waals surface area contributed by atoms with Crippen molar-refractivity contribution in [3.63, 3.8) is 0 Å². The highest BCUT2D eigenvalue weighted by Crippen LogP contribution is 2.39. The molecule has 0 saturated heterocycles. The van der Waals surface area contributed by atoms with Crippen LogP contribution >= 0.6 is 27.3 Å². The lowest BCUT2D eigenvalue weighted by Crippen LogP contribution is -2.24. The number of aliphatic hydroxyl groups is 1. The van der Waals surface area contributed by atoms with Crippen molar-refractivity contribution in [1.29, 1.82) is 0 Å². The van der Waals surface area contributed by atoms with E-state index in [1.807, 2.05) is 10.8 Å². The molecule has 0 aliphatic carbocycles. The van der Waals surface area contributed by atoms with Crippen LogP contribution < -0.4 is 0 Å². The van der Waals surface area contributed by atoms with E-state index < -0.39 is 0 Å². The lowest BCUT2D eigenvalue weighted by atomic mass is 9.77. The van der Waals surface area contributed by atoms with E-state index in [1.165, 1.54) is 0 Å². The molecule has 1 nitrogen and oxygen atoms in total. The standard InChI is InChI=1S/C11H17BrOS/c1-7(11(2,3)4)10(13)8-5-14-6-9(8)12/h5-7,10,13H,1-4H3. The molecule has 0 aliphatic heterocycles. The first-order chi connectivity index (χ1) is 6.34. The van der Waals surface area contributed by atoms with Crippen molar-refractivity contribution in [3.8, 4) is 0 Å². The molecule has 0 fully saturated rings. The summed E-state index contributed by atoms with van der Waals surface area (Å²) in [6.07, 6.45) is -0.379. The smallest absolute Gasteiger partial charge is 0.0839 e. The van der Waals surface area contributed by atoms with Gasteiger partial charge in [0.25, 0.3) is 0 Å². The van der Waals surface area contributed by atoms with Crippen LogP contribution in [0.2, 0.25) is 0 Å². The van der Waals surface area contributed by atoms with E-state index in [2.05, 4.69) is 43.6 Å². The largest absolute Gasteiger partial charge is 0.388 e. The molecule has 0 aromatic carbocycles. The molecule has 3 heteroatoms. The minimum Gasteiger partial charge on any atom is -0.388 e. The molecule has 1 heterocycles. The highest BCUT2D eigenvalue weighted by Gasteiger charge is 2.29. The van der Waals surface area contributed by atoms with Gasteiger partial charge in [0.2, 0.25) is 0 Å². The van der Waals surface area contributed by atoms with E-state index in [4.69, 9.17) is 0 Å². The van der Waals surface area contributed by atoms with Crippen molar-refractivity contribution in [1.82, 2.24) is 0 Å². The van der Waals surface area contributed by atoms with Gasteiger partial charge < -0.3 is 5.11 Å². The fourth-order valence-electron chi connectivity index (χ4n) is 1.25. The lowest BCUT2D eigenvalue weighted by molar-refractivity contribution is 0.0533. The predicted molar refractivity (Wildman–Crippen MR) is 65.6 cm³/mol. The number of rotatable bonds is 2. The van der Waals surface area contributed by atoms with Crippen molar-refractivity contribution in [2.24, 2.45) is 11.3 Å². The third kappa shape index (κ3) is 2.59. The normalized spacial score (nSPS) is 16.7. The number of halogens is 1. The molecule has 1 N–H and O–H groups in total. The van der Waals surface area contributed by atoms with Gasteiger partial charge in [-0.05, 0) is 32.6 Å². The van der Waals surface area contributed by atoms with Crippen LogP contribution in [-0.2, 0) is 0 Å². The Kier molecular flexibility index (Phi) is 3.78. The van der Waals surface area contributed by atoms with Crippen molar-refractivity contribution < 1.29 is 5.11 Å². The van der Waals surface area contributed by atoms with Gasteiger partial charge in [-0.25, -0.2) is 0 Å². The first-order valence-electron chi connectivity index (χ1n) is 4.73. The Bertz CT molecular complexity index is 300. The van der Waals surface area contributed by atoms with Crippen LogP contribution in [0.4, 0.5) is 0 Å². The van der Waals surface area contributed by atoms with E-state index in [9.17, 15) is 5.11 Å². The van der Waals surface area contributed by atoms with Gasteiger partial charge in [-0.1, -0.05) is 27.7 Å². The summed E-state index contributed by atoms with van der Waals surface area (Å²) in [4.78, 5) is 0. The van der Waals surface area contributed by atoms with Crippen LogP contribution in [0.5, 0.6) is 0 Å². The van der Waals surface area contributed by atoms with Crippen molar-refractivity contribution >= 4 is 27.3 Å². The third-order valence-electron chi connectivity index (χ3n) is 2.80. The van der Waals surface area contributed by atoms with Gasteiger partial charge in [0.05, 0.1) is 6.10 Å². The second-order valence-corrected chi connectivity index (χ2v) is 6.37. The molecule has 0 aliphatic rings. The lowest BCUT2D eigenvalue weighted by Gasteiger charge is -2.31. The molecule has 1 aromatic heterocycles. The minimum atomic E-state index is -0.379. The molecule has 0 saturated carbocycles. The first-order valence-corrected chi connectivity index (χ1v) is 6.47. The topological polar surface area (TPSA) is 20.2 Å². The maximum atomic E-state index is 10.2. The highest BCUT2D eigenvalue weighted by molar-refractivity contribution is 9.10. The molecule has 80 valence electrons. The van der Waals surface area contributed by atoms with Gasteiger partial charge in [-0.3, -0.25) is 0 Å². The van der Waals surface area contributed by atoms with E-state index in [1.54, 1.807) is 11.3 Å². The van der Waals surface area contributed by atoms with E-state index in [0.717, 1.165) is 10.0 Å². The fourth-order valence-corrected chi connectivity index (χ4v) is 2.81. The van der Waals surface area contributed by atoms with Gasteiger partial charge in [-0.2, -0.15) is 11.3 Å². The van der Waals surface area contributed by atoms with E-state index >= 15 is 0 Å². The van der Waals surface area contributed by atoms with Crippen molar-refractivity contribution in [3.05, 3.63) is 20.8 Å². The van der Waals surface area contributed by atoms with Gasteiger partial charge in [0, 0.05) is 15.4 Å². The monoisotopic (exact) mass is 276 g/mol. The zero-order chi connectivity index (χ0) is 10.9. The Morgan fingerprint density at radius 2 is 1.93 bits per heavy atom. The maximum absolute atomic E-state index is 10.2. The summed E-state index contributed by atoms with van der Waals surface area (Å²) in [5.74, 6) is 0.244. The van der Waals surface area contributed by atoms with E-state index in [0.29, 0.717) is 0 Å². The molecule has 2 atom stereocenters. The van der Waals surface area contributed by atoms with Gasteiger partial charge in [0.1, 0.15) is 0 Å². The Hall–Kier alpha value is 0.140. The summed E-state index contributed by atoms with van der Waals surface area (Å²) in [6, 6.07) is 0. The number of thiophene rings is 1. The number of hydrogen-bond acceptors (Lipinski definition) is 2. The fraction of sp³-hybridized carbons (Fsp3) is 0.636. The molecular formula is C11H17BrOS. The number of aliphatic hydroxyl groups excluding tert-OH is 1. The van der Waals surface area contributed by atoms with Gasteiger partial charge in [0.15, 0.2) is 0 Å². The van der Waals surface area contributed by atoms with E-state index in [-0.39, 0.29) is 17.4 Å². The Morgan fingerprint density at radius 3 is 2.29 bits per heavy atom.